The van der Waals surface area contributed by atoms with Crippen LogP contribution in [-0.4, -0.2) is 26.3 Å². The molecule has 15 heavy (non-hydrogen) atoms. The van der Waals surface area contributed by atoms with Crippen molar-refractivity contribution < 1.29 is 18.7 Å². The van der Waals surface area contributed by atoms with Gasteiger partial charge in [0.1, 0.15) is 12.4 Å². The normalized spacial score (nSPS) is 12.4. The Bertz CT molecular complexity index is 279. The molecule has 1 aromatic rings. The van der Waals surface area contributed by atoms with Crippen LogP contribution in [0.15, 0.2) is 22.8 Å². The van der Waals surface area contributed by atoms with Crippen LogP contribution in [0.3, 0.4) is 0 Å². The number of ether oxygens (including phenoxy) is 2. The summed E-state index contributed by atoms with van der Waals surface area (Å²) in [5.41, 5.74) is 0. The number of rotatable bonds is 6. The minimum Gasteiger partial charge on any atom is -0.469 e. The van der Waals surface area contributed by atoms with Gasteiger partial charge < -0.3 is 13.9 Å². The fourth-order valence-corrected chi connectivity index (χ4v) is 1.23. The summed E-state index contributed by atoms with van der Waals surface area (Å²) in [7, 11) is 1.35. The van der Waals surface area contributed by atoms with Gasteiger partial charge in [-0.05, 0) is 18.1 Å². The molecule has 1 unspecified atom stereocenters. The van der Waals surface area contributed by atoms with Gasteiger partial charge in [0.2, 0.25) is 0 Å². The molecule has 0 N–H and O–H groups in total. The molecule has 0 aliphatic carbocycles. The molecule has 1 heterocycles. The summed E-state index contributed by atoms with van der Waals surface area (Å²) in [6, 6.07) is 3.79. The van der Waals surface area contributed by atoms with Crippen molar-refractivity contribution in [1.29, 1.82) is 0 Å². The van der Waals surface area contributed by atoms with Crippen molar-refractivity contribution in [3.05, 3.63) is 24.2 Å². The molecule has 1 atom stereocenters. The van der Waals surface area contributed by atoms with Crippen LogP contribution in [0.2, 0.25) is 0 Å². The van der Waals surface area contributed by atoms with Crippen molar-refractivity contribution in [2.75, 3.05) is 20.3 Å². The average molecular weight is 212 g/mol. The van der Waals surface area contributed by atoms with Gasteiger partial charge in [0.05, 0.1) is 20.0 Å². The Kier molecular flexibility index (Phi) is 4.90. The largest absolute Gasteiger partial charge is 0.469 e. The second-order valence-corrected chi connectivity index (χ2v) is 3.48. The average Bonchev–Trinajstić information content (AvgIpc) is 2.70. The topological polar surface area (TPSA) is 48.7 Å². The minimum atomic E-state index is -0.347. The highest BCUT2D eigenvalue weighted by atomic mass is 16.6. The molecule has 1 rings (SSSR count). The molecule has 84 valence electrons. The number of hydrogen-bond donors (Lipinski definition) is 0. The van der Waals surface area contributed by atoms with Gasteiger partial charge in [-0.2, -0.15) is 0 Å². The van der Waals surface area contributed by atoms with Crippen molar-refractivity contribution >= 4 is 5.97 Å². The highest BCUT2D eigenvalue weighted by Crippen LogP contribution is 2.09. The first-order chi connectivity index (χ1) is 7.22. The highest BCUT2D eigenvalue weighted by Gasteiger charge is 2.07. The smallest absolute Gasteiger partial charge is 0.331 e. The van der Waals surface area contributed by atoms with E-state index in [0.717, 1.165) is 12.2 Å². The van der Waals surface area contributed by atoms with Gasteiger partial charge in [0.25, 0.3) is 0 Å². The lowest BCUT2D eigenvalue weighted by atomic mass is 10.1. The van der Waals surface area contributed by atoms with E-state index >= 15 is 0 Å². The van der Waals surface area contributed by atoms with Crippen molar-refractivity contribution in [3.63, 3.8) is 0 Å². The molecule has 1 aromatic heterocycles. The van der Waals surface area contributed by atoms with Gasteiger partial charge >= 0.3 is 5.97 Å². The van der Waals surface area contributed by atoms with E-state index in [2.05, 4.69) is 4.74 Å². The van der Waals surface area contributed by atoms with Crippen LogP contribution in [0.4, 0.5) is 0 Å². The number of methoxy groups -OCH3 is 1. The van der Waals surface area contributed by atoms with E-state index in [1.165, 1.54) is 7.11 Å². The van der Waals surface area contributed by atoms with Crippen molar-refractivity contribution in [1.82, 2.24) is 0 Å². The van der Waals surface area contributed by atoms with E-state index in [0.29, 0.717) is 12.5 Å². The Labute approximate surface area is 89.2 Å². The predicted octanol–water partition coefficient (Wildman–Crippen LogP) is 1.65. The van der Waals surface area contributed by atoms with Crippen LogP contribution in [0.25, 0.3) is 0 Å². The molecule has 0 spiro atoms. The van der Waals surface area contributed by atoms with E-state index in [1.54, 1.807) is 6.26 Å². The summed E-state index contributed by atoms with van der Waals surface area (Å²) in [6.45, 7) is 2.58. The van der Waals surface area contributed by atoms with Gasteiger partial charge in [0, 0.05) is 6.42 Å². The monoisotopic (exact) mass is 212 g/mol. The van der Waals surface area contributed by atoms with E-state index in [4.69, 9.17) is 9.15 Å². The molecular weight excluding hydrogens is 196 g/mol. The summed E-state index contributed by atoms with van der Waals surface area (Å²) < 4.78 is 14.8. The van der Waals surface area contributed by atoms with Gasteiger partial charge in [0.15, 0.2) is 0 Å². The molecule has 0 aromatic carbocycles. The van der Waals surface area contributed by atoms with Crippen molar-refractivity contribution in [2.45, 2.75) is 13.3 Å². The zero-order valence-corrected chi connectivity index (χ0v) is 9.06. The van der Waals surface area contributed by atoms with Crippen molar-refractivity contribution in [2.24, 2.45) is 5.92 Å². The molecule has 4 heteroatoms. The summed E-state index contributed by atoms with van der Waals surface area (Å²) in [5.74, 6) is 0.908. The Morgan fingerprint density at radius 3 is 3.00 bits per heavy atom. The molecule has 0 saturated heterocycles. The van der Waals surface area contributed by atoms with Gasteiger partial charge in [-0.3, -0.25) is 0 Å². The van der Waals surface area contributed by atoms with Crippen LogP contribution in [-0.2, 0) is 20.7 Å². The van der Waals surface area contributed by atoms with Crippen LogP contribution < -0.4 is 0 Å². The van der Waals surface area contributed by atoms with E-state index in [-0.39, 0.29) is 12.6 Å². The number of esters is 1. The van der Waals surface area contributed by atoms with Gasteiger partial charge in [-0.1, -0.05) is 6.92 Å². The third-order valence-corrected chi connectivity index (χ3v) is 1.98. The molecular formula is C11H16O4. The van der Waals surface area contributed by atoms with E-state index < -0.39 is 0 Å². The van der Waals surface area contributed by atoms with Crippen LogP contribution in [0.1, 0.15) is 12.7 Å². The van der Waals surface area contributed by atoms with Crippen LogP contribution in [0.5, 0.6) is 0 Å². The number of carbonyl (C=O) groups excluding carboxylic acids is 1. The second-order valence-electron chi connectivity index (χ2n) is 3.48. The lowest BCUT2D eigenvalue weighted by Gasteiger charge is -2.09. The predicted molar refractivity (Wildman–Crippen MR) is 54.4 cm³/mol. The molecule has 0 aliphatic heterocycles. The lowest BCUT2D eigenvalue weighted by molar-refractivity contribution is -0.146. The van der Waals surface area contributed by atoms with E-state index in [9.17, 15) is 4.79 Å². The second kappa shape index (κ2) is 6.24. The molecule has 0 fully saturated rings. The van der Waals surface area contributed by atoms with Crippen LogP contribution >= 0.6 is 0 Å². The SMILES string of the molecule is COC(=O)COCC(C)Cc1ccco1. The Morgan fingerprint density at radius 1 is 1.60 bits per heavy atom. The maximum Gasteiger partial charge on any atom is 0.331 e. The highest BCUT2D eigenvalue weighted by molar-refractivity contribution is 5.70. The lowest BCUT2D eigenvalue weighted by Crippen LogP contribution is -2.15. The van der Waals surface area contributed by atoms with Crippen molar-refractivity contribution in [3.8, 4) is 0 Å². The maximum atomic E-state index is 10.7. The third-order valence-electron chi connectivity index (χ3n) is 1.98. The maximum absolute atomic E-state index is 10.7. The first kappa shape index (κ1) is 11.8. The molecule has 0 aliphatic rings. The summed E-state index contributed by atoms with van der Waals surface area (Å²) in [6.07, 6.45) is 2.46. The summed E-state index contributed by atoms with van der Waals surface area (Å²) >= 11 is 0. The molecule has 4 nitrogen and oxygen atoms in total. The number of furan rings is 1. The minimum absolute atomic E-state index is 0.0129. The fourth-order valence-electron chi connectivity index (χ4n) is 1.23. The number of hydrogen-bond acceptors (Lipinski definition) is 4. The standard InChI is InChI=1S/C11H16O4/c1-9(6-10-4-3-5-15-10)7-14-8-11(12)13-2/h3-5,9H,6-8H2,1-2H3. The summed E-state index contributed by atoms with van der Waals surface area (Å²) in [5, 5.41) is 0. The van der Waals surface area contributed by atoms with Crippen LogP contribution in [0, 0.1) is 5.92 Å². The Hall–Kier alpha value is -1.29. The zero-order chi connectivity index (χ0) is 11.1. The van der Waals surface area contributed by atoms with Gasteiger partial charge in [-0.15, -0.1) is 0 Å². The molecule has 0 bridgehead atoms. The Balaban J connectivity index is 2.14. The van der Waals surface area contributed by atoms with Gasteiger partial charge in [-0.25, -0.2) is 4.79 Å². The fraction of sp³-hybridized carbons (Fsp3) is 0.545. The first-order valence-electron chi connectivity index (χ1n) is 4.89. The molecule has 0 amide bonds. The molecule has 0 radical (unpaired) electrons. The van der Waals surface area contributed by atoms with E-state index in [1.807, 2.05) is 19.1 Å². The summed E-state index contributed by atoms with van der Waals surface area (Å²) in [4.78, 5) is 10.7. The zero-order valence-electron chi connectivity index (χ0n) is 9.06. The first-order valence-corrected chi connectivity index (χ1v) is 4.89. The number of carbonyl (C=O) groups is 1. The molecule has 0 saturated carbocycles. The Morgan fingerprint density at radius 2 is 2.40 bits per heavy atom. The quantitative estimate of drug-likeness (QED) is 0.673. The third kappa shape index (κ3) is 4.65.